The fraction of sp³-hybridized carbons (Fsp3) is 1.00. The predicted molar refractivity (Wildman–Crippen MR) is 248 cm³/mol. The lowest BCUT2D eigenvalue weighted by Crippen LogP contribution is -2.17. The highest BCUT2D eigenvalue weighted by Gasteiger charge is 2.01. The van der Waals surface area contributed by atoms with Gasteiger partial charge in [0.2, 0.25) is 0 Å². The quantitative estimate of drug-likeness (QED) is 0.0865. The second-order valence-electron chi connectivity index (χ2n) is 14.1. The van der Waals surface area contributed by atoms with Gasteiger partial charge < -0.3 is 99.8 Å². The van der Waals surface area contributed by atoms with E-state index in [1.165, 1.54) is 0 Å². The summed E-state index contributed by atoms with van der Waals surface area (Å²) in [6.07, 6.45) is 2.50. The number of rotatable bonds is 63. The first-order valence-electron chi connectivity index (χ1n) is 24.5. The molecule has 0 bridgehead atoms. The molecule has 0 fully saturated rings. The highest BCUT2D eigenvalue weighted by molar-refractivity contribution is 4.48. The van der Waals surface area contributed by atoms with Gasteiger partial charge in [-0.2, -0.15) is 0 Å². The highest BCUT2D eigenvalue weighted by atomic mass is 16.6. The third-order valence-electron chi connectivity index (χ3n) is 8.49. The van der Waals surface area contributed by atoms with Crippen LogP contribution in [0.3, 0.4) is 0 Å². The standard InChI is InChI=1S/C46H94O21/c1-3-5-6-48-7-8-49-9-10-50-11-12-51-13-14-52-15-16-53-17-18-54-19-20-55-21-22-56-23-24-57-25-26-58-27-28-59-29-30-60-31-32-61-33-34-62-35-36-63-37-38-64-39-40-65-41-42-66-43-44-67-45-46(47)4-2/h46-47H,3-45H2,1-2H3. The van der Waals surface area contributed by atoms with Gasteiger partial charge in [0.1, 0.15) is 0 Å². The zero-order valence-electron chi connectivity index (χ0n) is 41.6. The van der Waals surface area contributed by atoms with Gasteiger partial charge in [0.05, 0.1) is 264 Å². The van der Waals surface area contributed by atoms with Gasteiger partial charge in [0.15, 0.2) is 0 Å². The summed E-state index contributed by atoms with van der Waals surface area (Å²) in [6.45, 7) is 24.4. The normalized spacial score (nSPS) is 12.2. The molecule has 0 aromatic carbocycles. The summed E-state index contributed by atoms with van der Waals surface area (Å²) >= 11 is 0. The molecule has 21 heteroatoms. The van der Waals surface area contributed by atoms with E-state index < -0.39 is 6.10 Å². The van der Waals surface area contributed by atoms with Crippen LogP contribution in [-0.2, 0) is 94.7 Å². The van der Waals surface area contributed by atoms with E-state index in [1.807, 2.05) is 6.92 Å². The van der Waals surface area contributed by atoms with Gasteiger partial charge in [-0.25, -0.2) is 0 Å². The second kappa shape index (κ2) is 63.2. The molecule has 0 saturated heterocycles. The molecule has 1 unspecified atom stereocenters. The van der Waals surface area contributed by atoms with E-state index in [2.05, 4.69) is 6.92 Å². The van der Waals surface area contributed by atoms with Crippen LogP contribution in [0.25, 0.3) is 0 Å². The summed E-state index contributed by atoms with van der Waals surface area (Å²) in [5.41, 5.74) is 0. The van der Waals surface area contributed by atoms with Crippen molar-refractivity contribution in [2.75, 3.05) is 264 Å². The van der Waals surface area contributed by atoms with Crippen molar-refractivity contribution in [3.63, 3.8) is 0 Å². The lowest BCUT2D eigenvalue weighted by atomic mass is 10.3. The minimum absolute atomic E-state index is 0.340. The van der Waals surface area contributed by atoms with Gasteiger partial charge in [0, 0.05) is 6.61 Å². The maximum absolute atomic E-state index is 9.39. The third kappa shape index (κ3) is 63.1. The highest BCUT2D eigenvalue weighted by Crippen LogP contribution is 1.93. The average Bonchev–Trinajstić information content (AvgIpc) is 3.34. The van der Waals surface area contributed by atoms with Crippen molar-refractivity contribution < 1.29 is 99.8 Å². The lowest BCUT2D eigenvalue weighted by molar-refractivity contribution is -0.0318. The van der Waals surface area contributed by atoms with Crippen molar-refractivity contribution in [1.82, 2.24) is 0 Å². The van der Waals surface area contributed by atoms with Crippen LogP contribution in [-0.4, -0.2) is 275 Å². The van der Waals surface area contributed by atoms with Crippen molar-refractivity contribution in [2.24, 2.45) is 0 Å². The number of hydrogen-bond donors (Lipinski definition) is 1. The molecule has 0 heterocycles. The van der Waals surface area contributed by atoms with Gasteiger partial charge in [-0.3, -0.25) is 0 Å². The molecule has 0 radical (unpaired) electrons. The molecule has 0 rings (SSSR count). The maximum Gasteiger partial charge on any atom is 0.0771 e. The summed E-state index contributed by atoms with van der Waals surface area (Å²) in [4.78, 5) is 0. The molecule has 0 aliphatic carbocycles. The summed E-state index contributed by atoms with van der Waals surface area (Å²) in [7, 11) is 0. The van der Waals surface area contributed by atoms with Gasteiger partial charge in [-0.1, -0.05) is 20.3 Å². The molecule has 404 valence electrons. The van der Waals surface area contributed by atoms with Crippen LogP contribution in [0.5, 0.6) is 0 Å². The van der Waals surface area contributed by atoms with Gasteiger partial charge in [-0.15, -0.1) is 0 Å². The van der Waals surface area contributed by atoms with E-state index >= 15 is 0 Å². The number of hydrogen-bond acceptors (Lipinski definition) is 21. The minimum Gasteiger partial charge on any atom is -0.391 e. The Balaban J connectivity index is 3.07. The summed E-state index contributed by atoms with van der Waals surface area (Å²) < 4.78 is 110. The molecule has 0 spiro atoms. The number of aliphatic hydroxyl groups is 1. The predicted octanol–water partition coefficient (Wildman–Crippen LogP) is 1.89. The van der Waals surface area contributed by atoms with Crippen LogP contribution >= 0.6 is 0 Å². The Morgan fingerprint density at radius 1 is 0.209 bits per heavy atom. The average molecular weight is 983 g/mol. The van der Waals surface area contributed by atoms with Gasteiger partial charge >= 0.3 is 0 Å². The molecule has 0 aliphatic rings. The molecule has 0 saturated carbocycles. The largest absolute Gasteiger partial charge is 0.391 e. The molecular weight excluding hydrogens is 888 g/mol. The van der Waals surface area contributed by atoms with Crippen LogP contribution in [0.2, 0.25) is 0 Å². The van der Waals surface area contributed by atoms with Crippen LogP contribution < -0.4 is 0 Å². The Kier molecular flexibility index (Phi) is 62.4. The Bertz CT molecular complexity index is 858. The third-order valence-corrected chi connectivity index (χ3v) is 8.49. The van der Waals surface area contributed by atoms with E-state index in [-0.39, 0.29) is 0 Å². The first kappa shape index (κ1) is 66.2. The van der Waals surface area contributed by atoms with Crippen LogP contribution in [0.15, 0.2) is 0 Å². The summed E-state index contributed by atoms with van der Waals surface area (Å²) in [5.74, 6) is 0. The van der Waals surface area contributed by atoms with Crippen LogP contribution in [0.4, 0.5) is 0 Å². The SMILES string of the molecule is CCCCOCCOCCOCCOCCOCCOCCOCCOCCOCCOCCOCCOCCOCCOCCOCCOCCOCCOCCOCCOCC(O)CC. The first-order chi connectivity index (χ1) is 33.3. The Morgan fingerprint density at radius 2 is 0.343 bits per heavy atom. The maximum atomic E-state index is 9.39. The van der Waals surface area contributed by atoms with Crippen molar-refractivity contribution in [2.45, 2.75) is 39.2 Å². The zero-order valence-corrected chi connectivity index (χ0v) is 41.6. The number of ether oxygens (including phenoxy) is 20. The zero-order chi connectivity index (χ0) is 48.1. The number of unbranched alkanes of at least 4 members (excludes halogenated alkanes) is 1. The molecule has 0 aromatic heterocycles. The van der Waals surface area contributed by atoms with Gasteiger partial charge in [0.25, 0.3) is 0 Å². The molecule has 0 amide bonds. The molecule has 67 heavy (non-hydrogen) atoms. The smallest absolute Gasteiger partial charge is 0.0771 e. The molecular formula is C46H94O21. The Hall–Kier alpha value is -0.840. The van der Waals surface area contributed by atoms with Crippen molar-refractivity contribution >= 4 is 0 Å². The van der Waals surface area contributed by atoms with E-state index in [1.54, 1.807) is 0 Å². The molecule has 0 aliphatic heterocycles. The van der Waals surface area contributed by atoms with Crippen molar-refractivity contribution in [1.29, 1.82) is 0 Å². The fourth-order valence-corrected chi connectivity index (χ4v) is 4.76. The molecule has 1 N–H and O–H groups in total. The summed E-state index contributed by atoms with van der Waals surface area (Å²) in [6, 6.07) is 0. The Labute approximate surface area is 402 Å². The van der Waals surface area contributed by atoms with E-state index in [4.69, 9.17) is 94.7 Å². The monoisotopic (exact) mass is 983 g/mol. The van der Waals surface area contributed by atoms with Crippen LogP contribution in [0.1, 0.15) is 33.1 Å². The molecule has 1 atom stereocenters. The number of aliphatic hydroxyl groups excluding tert-OH is 1. The topological polar surface area (TPSA) is 205 Å². The van der Waals surface area contributed by atoms with E-state index in [0.717, 1.165) is 19.4 Å². The van der Waals surface area contributed by atoms with Crippen LogP contribution in [0, 0.1) is 0 Å². The van der Waals surface area contributed by atoms with Gasteiger partial charge in [-0.05, 0) is 12.8 Å². The molecule has 21 nitrogen and oxygen atoms in total. The lowest BCUT2D eigenvalue weighted by Gasteiger charge is -2.09. The van der Waals surface area contributed by atoms with E-state index in [0.29, 0.717) is 264 Å². The van der Waals surface area contributed by atoms with Crippen molar-refractivity contribution in [3.05, 3.63) is 0 Å². The van der Waals surface area contributed by atoms with Crippen molar-refractivity contribution in [3.8, 4) is 0 Å². The minimum atomic E-state index is -0.409. The first-order valence-corrected chi connectivity index (χ1v) is 24.5. The fourth-order valence-electron chi connectivity index (χ4n) is 4.76. The molecule has 0 aromatic rings. The van der Waals surface area contributed by atoms with E-state index in [9.17, 15) is 5.11 Å². The Morgan fingerprint density at radius 3 is 0.478 bits per heavy atom. The second-order valence-corrected chi connectivity index (χ2v) is 14.1. The summed E-state index contributed by atoms with van der Waals surface area (Å²) in [5, 5.41) is 9.39.